The highest BCUT2D eigenvalue weighted by Gasteiger charge is 2.28. The molecule has 0 radical (unpaired) electrons. The lowest BCUT2D eigenvalue weighted by Crippen LogP contribution is -2.42. The van der Waals surface area contributed by atoms with Crippen LogP contribution >= 0.6 is 0 Å². The summed E-state index contributed by atoms with van der Waals surface area (Å²) in [7, 11) is 1.94. The molecule has 1 aliphatic rings. The van der Waals surface area contributed by atoms with E-state index >= 15 is 0 Å². The topological polar surface area (TPSA) is 78.1 Å². The van der Waals surface area contributed by atoms with E-state index in [2.05, 4.69) is 15.1 Å². The molecule has 0 aromatic carbocycles. The van der Waals surface area contributed by atoms with Crippen molar-refractivity contribution < 1.29 is 9.53 Å². The van der Waals surface area contributed by atoms with Gasteiger partial charge in [0.1, 0.15) is 11.9 Å². The molecule has 8 heteroatoms. The van der Waals surface area contributed by atoms with Crippen LogP contribution in [0.1, 0.15) is 28.0 Å². The highest BCUT2D eigenvalue weighted by Crippen LogP contribution is 2.22. The first-order chi connectivity index (χ1) is 12.6. The first-order valence-electron chi connectivity index (χ1n) is 8.48. The van der Waals surface area contributed by atoms with Crippen molar-refractivity contribution in [2.24, 2.45) is 7.05 Å². The monoisotopic (exact) mass is 352 g/mol. The Bertz CT molecular complexity index is 900. The number of carbonyl (C=O) groups excluding carboxylic acids is 1. The Morgan fingerprint density at radius 3 is 2.88 bits per heavy atom. The lowest BCUT2D eigenvalue weighted by molar-refractivity contribution is -0.0279. The molecule has 3 aromatic heterocycles. The number of pyridine rings is 1. The van der Waals surface area contributed by atoms with E-state index in [9.17, 15) is 4.79 Å². The highest BCUT2D eigenvalue weighted by atomic mass is 16.5. The van der Waals surface area contributed by atoms with Gasteiger partial charge >= 0.3 is 0 Å². The number of imidazole rings is 1. The van der Waals surface area contributed by atoms with Crippen LogP contribution in [0.5, 0.6) is 0 Å². The molecule has 1 amide bonds. The summed E-state index contributed by atoms with van der Waals surface area (Å²) in [4.78, 5) is 23.5. The maximum atomic E-state index is 12.8. The molecule has 1 saturated heterocycles. The molecule has 0 spiro atoms. The van der Waals surface area contributed by atoms with Crippen LogP contribution < -0.4 is 0 Å². The summed E-state index contributed by atoms with van der Waals surface area (Å²) in [5.74, 6) is 1.46. The summed E-state index contributed by atoms with van der Waals surface area (Å²) >= 11 is 0. The lowest BCUT2D eigenvalue weighted by atomic mass is 10.2. The summed E-state index contributed by atoms with van der Waals surface area (Å²) in [6.45, 7) is 3.47. The number of morpholine rings is 1. The van der Waals surface area contributed by atoms with E-state index in [-0.39, 0.29) is 12.0 Å². The first kappa shape index (κ1) is 16.5. The van der Waals surface area contributed by atoms with Gasteiger partial charge in [-0.2, -0.15) is 5.10 Å². The molecule has 8 nitrogen and oxygen atoms in total. The smallest absolute Gasteiger partial charge is 0.255 e. The number of rotatable bonds is 3. The van der Waals surface area contributed by atoms with Gasteiger partial charge in [-0.25, -0.2) is 14.6 Å². The molecule has 1 unspecified atom stereocenters. The van der Waals surface area contributed by atoms with Crippen LogP contribution in [0.25, 0.3) is 5.82 Å². The molecule has 1 aliphatic heterocycles. The molecule has 134 valence electrons. The van der Waals surface area contributed by atoms with E-state index < -0.39 is 0 Å². The third-order valence-electron chi connectivity index (χ3n) is 4.41. The van der Waals surface area contributed by atoms with Crippen LogP contribution in [0.2, 0.25) is 0 Å². The van der Waals surface area contributed by atoms with Gasteiger partial charge in [-0.3, -0.25) is 4.79 Å². The molecule has 4 rings (SSSR count). The third kappa shape index (κ3) is 3.11. The number of aryl methyl sites for hydroxylation is 2. The first-order valence-corrected chi connectivity index (χ1v) is 8.48. The predicted molar refractivity (Wildman–Crippen MR) is 93.9 cm³/mol. The van der Waals surface area contributed by atoms with E-state index in [0.717, 1.165) is 11.5 Å². The van der Waals surface area contributed by atoms with E-state index in [4.69, 9.17) is 4.74 Å². The summed E-state index contributed by atoms with van der Waals surface area (Å²) in [5, 5.41) is 4.14. The van der Waals surface area contributed by atoms with Crippen LogP contribution in [0.3, 0.4) is 0 Å². The summed E-state index contributed by atoms with van der Waals surface area (Å²) in [6, 6.07) is 5.40. The van der Waals surface area contributed by atoms with Crippen LogP contribution in [0, 0.1) is 6.92 Å². The second-order valence-corrected chi connectivity index (χ2v) is 6.32. The fourth-order valence-corrected chi connectivity index (χ4v) is 3.16. The largest absolute Gasteiger partial charge is 0.367 e. The molecule has 0 N–H and O–H groups in total. The SMILES string of the molecule is Cc1cn(C)c(C2CN(C(=O)c3ccc(-n4cccn4)nc3)CCO2)n1. The maximum Gasteiger partial charge on any atom is 0.255 e. The number of carbonyl (C=O) groups is 1. The molecule has 26 heavy (non-hydrogen) atoms. The molecule has 3 aromatic rings. The minimum absolute atomic E-state index is 0.0521. The van der Waals surface area contributed by atoms with Crippen molar-refractivity contribution in [3.05, 3.63) is 60.1 Å². The van der Waals surface area contributed by atoms with Crippen molar-refractivity contribution in [2.45, 2.75) is 13.0 Å². The molecular formula is C18H20N6O2. The second kappa shape index (κ2) is 6.72. The Labute approximate surface area is 151 Å². The third-order valence-corrected chi connectivity index (χ3v) is 4.41. The Kier molecular flexibility index (Phi) is 4.26. The van der Waals surface area contributed by atoms with Gasteiger partial charge in [-0.15, -0.1) is 0 Å². The minimum atomic E-state index is -0.220. The molecule has 4 heterocycles. The number of aromatic nitrogens is 5. The Morgan fingerprint density at radius 2 is 2.23 bits per heavy atom. The number of hydrogen-bond acceptors (Lipinski definition) is 5. The van der Waals surface area contributed by atoms with Gasteiger partial charge < -0.3 is 14.2 Å². The van der Waals surface area contributed by atoms with E-state index in [0.29, 0.717) is 31.1 Å². The maximum absolute atomic E-state index is 12.8. The van der Waals surface area contributed by atoms with Crippen molar-refractivity contribution in [3.63, 3.8) is 0 Å². The zero-order chi connectivity index (χ0) is 18.1. The predicted octanol–water partition coefficient (Wildman–Crippen LogP) is 1.52. The summed E-state index contributed by atoms with van der Waals surface area (Å²) in [6.07, 6.45) is 6.83. The number of hydrogen-bond donors (Lipinski definition) is 0. The average molecular weight is 352 g/mol. The van der Waals surface area contributed by atoms with Gasteiger partial charge in [0.2, 0.25) is 0 Å². The van der Waals surface area contributed by atoms with Crippen molar-refractivity contribution in [1.82, 2.24) is 29.2 Å². The van der Waals surface area contributed by atoms with E-state index in [1.807, 2.05) is 37.0 Å². The number of amides is 1. The Hall–Kier alpha value is -3.00. The molecular weight excluding hydrogens is 332 g/mol. The summed E-state index contributed by atoms with van der Waals surface area (Å²) < 4.78 is 9.45. The standard InChI is InChI=1S/C18H20N6O2/c1-13-11-22(2)17(21-13)15-12-23(8-9-26-15)18(25)14-4-5-16(19-10-14)24-7-3-6-20-24/h3-7,10-11,15H,8-9,12H2,1-2H3. The second-order valence-electron chi connectivity index (χ2n) is 6.32. The molecule has 1 fully saturated rings. The average Bonchev–Trinajstić information content (AvgIpc) is 3.31. The van der Waals surface area contributed by atoms with Crippen LogP contribution in [0.4, 0.5) is 0 Å². The minimum Gasteiger partial charge on any atom is -0.367 e. The van der Waals surface area contributed by atoms with Crippen LogP contribution in [0.15, 0.2) is 43.0 Å². The van der Waals surface area contributed by atoms with Crippen molar-refractivity contribution in [2.75, 3.05) is 19.7 Å². The fraction of sp³-hybridized carbons (Fsp3) is 0.333. The van der Waals surface area contributed by atoms with Crippen LogP contribution in [-0.4, -0.2) is 54.8 Å². The number of nitrogens with zero attached hydrogens (tertiary/aromatic N) is 6. The normalized spacial score (nSPS) is 17.5. The highest BCUT2D eigenvalue weighted by molar-refractivity contribution is 5.94. The van der Waals surface area contributed by atoms with E-state index in [1.54, 1.807) is 34.1 Å². The lowest BCUT2D eigenvalue weighted by Gasteiger charge is -2.32. The quantitative estimate of drug-likeness (QED) is 0.714. The van der Waals surface area contributed by atoms with Gasteiger partial charge in [-0.05, 0) is 25.1 Å². The number of ether oxygens (including phenoxy) is 1. The van der Waals surface area contributed by atoms with Crippen molar-refractivity contribution in [1.29, 1.82) is 0 Å². The van der Waals surface area contributed by atoms with E-state index in [1.165, 1.54) is 0 Å². The van der Waals surface area contributed by atoms with Crippen LogP contribution in [-0.2, 0) is 11.8 Å². The Morgan fingerprint density at radius 1 is 1.35 bits per heavy atom. The van der Waals surface area contributed by atoms with Gasteiger partial charge in [0, 0.05) is 38.4 Å². The van der Waals surface area contributed by atoms with Crippen molar-refractivity contribution >= 4 is 5.91 Å². The molecule has 0 aliphatic carbocycles. The molecule has 0 saturated carbocycles. The Balaban J connectivity index is 1.50. The van der Waals surface area contributed by atoms with Gasteiger partial charge in [0.15, 0.2) is 5.82 Å². The molecule has 0 bridgehead atoms. The van der Waals surface area contributed by atoms with Gasteiger partial charge in [-0.1, -0.05) is 0 Å². The van der Waals surface area contributed by atoms with Gasteiger partial charge in [0.05, 0.1) is 24.4 Å². The fourth-order valence-electron chi connectivity index (χ4n) is 3.16. The zero-order valence-corrected chi connectivity index (χ0v) is 14.7. The van der Waals surface area contributed by atoms with Crippen molar-refractivity contribution in [3.8, 4) is 5.82 Å². The zero-order valence-electron chi connectivity index (χ0n) is 14.7. The van der Waals surface area contributed by atoms with Gasteiger partial charge in [0.25, 0.3) is 5.91 Å². The summed E-state index contributed by atoms with van der Waals surface area (Å²) in [5.41, 5.74) is 1.49. The molecule has 1 atom stereocenters.